The van der Waals surface area contributed by atoms with Gasteiger partial charge in [0.1, 0.15) is 17.7 Å². The second-order valence-electron chi connectivity index (χ2n) is 3.90. The van der Waals surface area contributed by atoms with Gasteiger partial charge in [-0.2, -0.15) is 5.26 Å². The molecule has 0 fully saturated rings. The van der Waals surface area contributed by atoms with Gasteiger partial charge in [0, 0.05) is 22.8 Å². The van der Waals surface area contributed by atoms with E-state index in [4.69, 9.17) is 16.9 Å². The van der Waals surface area contributed by atoms with Crippen molar-refractivity contribution in [3.05, 3.63) is 64.2 Å². The zero-order chi connectivity index (χ0) is 13.8. The molecule has 0 amide bonds. The van der Waals surface area contributed by atoms with E-state index in [0.717, 1.165) is 0 Å². The molecule has 0 aromatic heterocycles. The molecule has 0 aliphatic heterocycles. The molecule has 0 aliphatic rings. The third-order valence-electron chi connectivity index (χ3n) is 2.54. The molecule has 0 atom stereocenters. The maximum atomic E-state index is 13.8. The number of nitrogens with one attached hydrogen (secondary N) is 1. The average molecular weight is 279 g/mol. The van der Waals surface area contributed by atoms with Gasteiger partial charge in [0.15, 0.2) is 0 Å². The van der Waals surface area contributed by atoms with Gasteiger partial charge in [-0.3, -0.25) is 0 Å². The largest absolute Gasteiger partial charge is 0.381 e. The van der Waals surface area contributed by atoms with Crippen molar-refractivity contribution in [3.8, 4) is 6.07 Å². The molecule has 0 aliphatic carbocycles. The van der Waals surface area contributed by atoms with Crippen molar-refractivity contribution in [1.29, 1.82) is 5.26 Å². The van der Waals surface area contributed by atoms with Crippen molar-refractivity contribution in [2.45, 2.75) is 6.54 Å². The van der Waals surface area contributed by atoms with Gasteiger partial charge < -0.3 is 5.32 Å². The third kappa shape index (κ3) is 3.21. The van der Waals surface area contributed by atoms with E-state index in [9.17, 15) is 8.78 Å². The summed E-state index contributed by atoms with van der Waals surface area (Å²) in [6, 6.07) is 10.3. The first-order valence-corrected chi connectivity index (χ1v) is 5.85. The molecule has 2 aromatic carbocycles. The van der Waals surface area contributed by atoms with Gasteiger partial charge in [-0.25, -0.2) is 8.78 Å². The Balaban J connectivity index is 2.17. The minimum atomic E-state index is -0.569. The van der Waals surface area contributed by atoms with Gasteiger partial charge in [-0.05, 0) is 24.3 Å². The van der Waals surface area contributed by atoms with E-state index in [-0.39, 0.29) is 17.1 Å². The maximum Gasteiger partial charge on any atom is 0.145 e. The lowest BCUT2D eigenvalue weighted by atomic mass is 10.1. The highest BCUT2D eigenvalue weighted by molar-refractivity contribution is 6.30. The lowest BCUT2D eigenvalue weighted by Crippen LogP contribution is -2.03. The highest BCUT2D eigenvalue weighted by atomic mass is 35.5. The monoisotopic (exact) mass is 278 g/mol. The zero-order valence-corrected chi connectivity index (χ0v) is 10.5. The van der Waals surface area contributed by atoms with E-state index < -0.39 is 11.6 Å². The first-order valence-electron chi connectivity index (χ1n) is 5.47. The second kappa shape index (κ2) is 5.68. The number of rotatable bonds is 3. The Hall–Kier alpha value is -2.12. The molecule has 5 heteroatoms. The van der Waals surface area contributed by atoms with E-state index in [0.29, 0.717) is 11.3 Å². The molecule has 2 nitrogen and oxygen atoms in total. The molecule has 0 bridgehead atoms. The lowest BCUT2D eigenvalue weighted by Gasteiger charge is -2.08. The average Bonchev–Trinajstić information content (AvgIpc) is 2.36. The topological polar surface area (TPSA) is 35.8 Å². The smallest absolute Gasteiger partial charge is 0.145 e. The van der Waals surface area contributed by atoms with Gasteiger partial charge in [0.25, 0.3) is 0 Å². The molecule has 0 saturated carbocycles. The van der Waals surface area contributed by atoms with Gasteiger partial charge in [-0.1, -0.05) is 23.7 Å². The van der Waals surface area contributed by atoms with Gasteiger partial charge in [0.2, 0.25) is 0 Å². The molecule has 0 unspecified atom stereocenters. The quantitative estimate of drug-likeness (QED) is 0.917. The Kier molecular flexibility index (Phi) is 3.98. The van der Waals surface area contributed by atoms with Crippen LogP contribution in [-0.2, 0) is 6.54 Å². The summed E-state index contributed by atoms with van der Waals surface area (Å²) in [6.07, 6.45) is 0. The van der Waals surface area contributed by atoms with Crippen LogP contribution in [0.1, 0.15) is 11.1 Å². The SMILES string of the molecule is N#Cc1cccc(CNc2cc(F)cc(Cl)c2)c1F. The van der Waals surface area contributed by atoms with Crippen molar-refractivity contribution in [3.63, 3.8) is 0 Å². The van der Waals surface area contributed by atoms with Crippen LogP contribution in [-0.4, -0.2) is 0 Å². The van der Waals surface area contributed by atoms with E-state index in [2.05, 4.69) is 5.32 Å². The molecule has 0 radical (unpaired) electrons. The van der Waals surface area contributed by atoms with Crippen LogP contribution >= 0.6 is 11.6 Å². The van der Waals surface area contributed by atoms with E-state index in [1.54, 1.807) is 18.2 Å². The standard InChI is InChI=1S/C14H9ClF2N2/c15-11-4-12(16)6-13(5-11)19-8-10-3-1-2-9(7-18)14(10)17/h1-6,19H,8H2. The van der Waals surface area contributed by atoms with Crippen LogP contribution < -0.4 is 5.32 Å². The summed E-state index contributed by atoms with van der Waals surface area (Å²) in [5.41, 5.74) is 0.766. The predicted octanol–water partition coefficient (Wildman–Crippen LogP) is 4.10. The molecule has 96 valence electrons. The normalized spacial score (nSPS) is 10.0. The minimum absolute atomic E-state index is 0.0171. The number of hydrogen-bond donors (Lipinski definition) is 1. The molecule has 1 N–H and O–H groups in total. The minimum Gasteiger partial charge on any atom is -0.381 e. The fraction of sp³-hybridized carbons (Fsp3) is 0.0714. The molecule has 0 spiro atoms. The van der Waals surface area contributed by atoms with Crippen LogP contribution in [0.2, 0.25) is 5.02 Å². The molecule has 19 heavy (non-hydrogen) atoms. The third-order valence-corrected chi connectivity index (χ3v) is 2.76. The number of hydrogen-bond acceptors (Lipinski definition) is 2. The van der Waals surface area contributed by atoms with Crippen LogP contribution in [0.4, 0.5) is 14.5 Å². The predicted molar refractivity (Wildman–Crippen MR) is 69.9 cm³/mol. The second-order valence-corrected chi connectivity index (χ2v) is 4.34. The summed E-state index contributed by atoms with van der Waals surface area (Å²) >= 11 is 5.71. The number of halogens is 3. The van der Waals surface area contributed by atoms with Crippen molar-refractivity contribution in [1.82, 2.24) is 0 Å². The van der Waals surface area contributed by atoms with E-state index >= 15 is 0 Å². The lowest BCUT2D eigenvalue weighted by molar-refractivity contribution is 0.609. The van der Waals surface area contributed by atoms with Crippen LogP contribution in [0.15, 0.2) is 36.4 Å². The van der Waals surface area contributed by atoms with Gasteiger partial charge >= 0.3 is 0 Å². The highest BCUT2D eigenvalue weighted by Gasteiger charge is 2.07. The number of benzene rings is 2. The first-order chi connectivity index (χ1) is 9.10. The van der Waals surface area contributed by atoms with E-state index in [1.165, 1.54) is 24.3 Å². The maximum absolute atomic E-state index is 13.8. The number of nitrogens with zero attached hydrogens (tertiary/aromatic N) is 1. The number of nitriles is 1. The molecular weight excluding hydrogens is 270 g/mol. The van der Waals surface area contributed by atoms with Gasteiger partial charge in [-0.15, -0.1) is 0 Å². The Labute approximate surface area is 114 Å². The van der Waals surface area contributed by atoms with Crippen LogP contribution in [0.3, 0.4) is 0 Å². The molecule has 0 heterocycles. The fourth-order valence-corrected chi connectivity index (χ4v) is 1.88. The van der Waals surface area contributed by atoms with Crippen LogP contribution in [0, 0.1) is 23.0 Å². The molecule has 2 aromatic rings. The molecule has 0 saturated heterocycles. The Bertz CT molecular complexity index is 630. The van der Waals surface area contributed by atoms with Crippen molar-refractivity contribution < 1.29 is 8.78 Å². The number of anilines is 1. The molecular formula is C14H9ClF2N2. The summed E-state index contributed by atoms with van der Waals surface area (Å²) in [5, 5.41) is 11.8. The van der Waals surface area contributed by atoms with E-state index in [1.807, 2.05) is 0 Å². The summed E-state index contributed by atoms with van der Waals surface area (Å²) in [7, 11) is 0. The summed E-state index contributed by atoms with van der Waals surface area (Å²) < 4.78 is 26.9. The Morgan fingerprint density at radius 3 is 2.68 bits per heavy atom. The zero-order valence-electron chi connectivity index (χ0n) is 9.75. The highest BCUT2D eigenvalue weighted by Crippen LogP contribution is 2.19. The first kappa shape index (κ1) is 13.3. The van der Waals surface area contributed by atoms with Crippen molar-refractivity contribution in [2.24, 2.45) is 0 Å². The van der Waals surface area contributed by atoms with Gasteiger partial charge in [0.05, 0.1) is 5.56 Å². The van der Waals surface area contributed by atoms with Crippen LogP contribution in [0.25, 0.3) is 0 Å². The fourth-order valence-electron chi connectivity index (χ4n) is 1.66. The Morgan fingerprint density at radius 2 is 2.00 bits per heavy atom. The molecule has 2 rings (SSSR count). The summed E-state index contributed by atoms with van der Waals surface area (Å²) in [5.74, 6) is -1.04. The van der Waals surface area contributed by atoms with Crippen LogP contribution in [0.5, 0.6) is 0 Å². The van der Waals surface area contributed by atoms with Crippen molar-refractivity contribution >= 4 is 17.3 Å². The Morgan fingerprint density at radius 1 is 1.21 bits per heavy atom. The summed E-state index contributed by atoms with van der Waals surface area (Å²) in [6.45, 7) is 0.140. The van der Waals surface area contributed by atoms with Crippen molar-refractivity contribution in [2.75, 3.05) is 5.32 Å². The summed E-state index contributed by atoms with van der Waals surface area (Å²) in [4.78, 5) is 0.